The molecular weight excluding hydrogens is 364 g/mol. The first-order valence-corrected chi connectivity index (χ1v) is 9.45. The fourth-order valence-corrected chi connectivity index (χ4v) is 5.00. The lowest BCUT2D eigenvalue weighted by Crippen LogP contribution is -2.48. The zero-order chi connectivity index (χ0) is 18.7. The molecule has 0 N–H and O–H groups in total. The second-order valence-corrected chi connectivity index (χ2v) is 7.85. The Morgan fingerprint density at radius 1 is 0.852 bits per heavy atom. The maximum Gasteiger partial charge on any atom is 0.250 e. The van der Waals surface area contributed by atoms with E-state index in [4.69, 9.17) is 11.6 Å². The van der Waals surface area contributed by atoms with Gasteiger partial charge in [-0.05, 0) is 18.4 Å². The quantitative estimate of drug-likeness (QED) is 0.763. The number of likely N-dealkylation sites (tertiary alicyclic amines) is 1. The van der Waals surface area contributed by atoms with E-state index in [0.29, 0.717) is 36.5 Å². The van der Waals surface area contributed by atoms with Gasteiger partial charge < -0.3 is 9.47 Å². The molecule has 27 heavy (non-hydrogen) atoms. The van der Waals surface area contributed by atoms with Crippen LogP contribution >= 0.6 is 11.6 Å². The summed E-state index contributed by atoms with van der Waals surface area (Å²) in [4.78, 5) is 39.9. The van der Waals surface area contributed by atoms with Crippen LogP contribution in [0, 0.1) is 5.92 Å². The fourth-order valence-electron chi connectivity index (χ4n) is 4.69. The topological polar surface area (TPSA) is 59.4 Å². The molecule has 3 aliphatic rings. The summed E-state index contributed by atoms with van der Waals surface area (Å²) in [5.41, 5.74) is 2.10. The molecule has 0 unspecified atom stereocenters. The van der Waals surface area contributed by atoms with E-state index in [1.54, 1.807) is 36.4 Å². The van der Waals surface area contributed by atoms with Gasteiger partial charge in [-0.1, -0.05) is 41.9 Å². The number of hydrogen-bond acceptors (Lipinski definition) is 4. The van der Waals surface area contributed by atoms with Crippen LogP contribution in [0.25, 0.3) is 0 Å². The van der Waals surface area contributed by atoms with Gasteiger partial charge >= 0.3 is 0 Å². The molecule has 3 heterocycles. The Morgan fingerprint density at radius 3 is 2.37 bits per heavy atom. The largest absolute Gasteiger partial charge is 0.366 e. The summed E-state index contributed by atoms with van der Waals surface area (Å²) in [5, 5.41) is 0.00382. The summed E-state index contributed by atoms with van der Waals surface area (Å²) in [5.74, 6) is -0.105. The summed E-state index contributed by atoms with van der Waals surface area (Å²) >= 11 is 6.38. The number of benzene rings is 1. The lowest BCUT2D eigenvalue weighted by atomic mass is 9.82. The van der Waals surface area contributed by atoms with Gasteiger partial charge in [-0.25, -0.2) is 0 Å². The zero-order valence-corrected chi connectivity index (χ0v) is 15.3. The van der Waals surface area contributed by atoms with Gasteiger partial charge in [0.2, 0.25) is 11.6 Å². The average Bonchev–Trinajstić information content (AvgIpc) is 2.67. The third-order valence-electron chi connectivity index (χ3n) is 5.83. The van der Waals surface area contributed by atoms with Gasteiger partial charge in [0.15, 0.2) is 0 Å². The maximum absolute atomic E-state index is 13.1. The number of rotatable bonds is 1. The predicted octanol–water partition coefficient (Wildman–Crippen LogP) is 2.80. The second-order valence-electron chi connectivity index (χ2n) is 7.47. The van der Waals surface area contributed by atoms with E-state index in [0.717, 1.165) is 12.1 Å². The average molecular weight is 381 g/mol. The van der Waals surface area contributed by atoms with E-state index in [-0.39, 0.29) is 34.0 Å². The van der Waals surface area contributed by atoms with Crippen LogP contribution in [0.5, 0.6) is 0 Å². The van der Waals surface area contributed by atoms with Crippen molar-refractivity contribution in [2.45, 2.75) is 18.9 Å². The van der Waals surface area contributed by atoms with Crippen molar-refractivity contribution >= 4 is 23.2 Å². The number of halogens is 1. The van der Waals surface area contributed by atoms with Gasteiger partial charge in [0.05, 0.1) is 0 Å². The number of allylic oxidation sites excluding steroid dienone is 2. The third kappa shape index (κ3) is 2.42. The van der Waals surface area contributed by atoms with E-state index in [2.05, 4.69) is 0 Å². The third-order valence-corrected chi connectivity index (χ3v) is 6.19. The van der Waals surface area contributed by atoms with Crippen LogP contribution in [0.4, 0.5) is 0 Å². The maximum atomic E-state index is 13.1. The molecular formula is C21H17ClN2O3. The van der Waals surface area contributed by atoms with Crippen molar-refractivity contribution in [1.82, 2.24) is 9.47 Å². The Hall–Kier alpha value is -2.66. The lowest BCUT2D eigenvalue weighted by Gasteiger charge is -2.44. The Kier molecular flexibility index (Phi) is 3.62. The number of pyridine rings is 1. The molecule has 1 aromatic heterocycles. The van der Waals surface area contributed by atoms with Gasteiger partial charge in [0.25, 0.3) is 5.56 Å². The van der Waals surface area contributed by atoms with Crippen molar-refractivity contribution in [3.05, 3.63) is 80.4 Å². The number of piperidine rings is 1. The normalized spacial score (nSPS) is 24.0. The standard InChI is InChI=1S/C21H17ClN2O3/c22-18-19(21(27)15-5-2-1-4-14(15)20(18)26)23-9-12-8-13(11-23)16-6-3-7-17(25)24(16)10-12/h1-7,12-13H,8-11H2/t12-,13+/m0/s1. The molecule has 1 fully saturated rings. The van der Waals surface area contributed by atoms with Crippen LogP contribution in [-0.4, -0.2) is 34.1 Å². The van der Waals surface area contributed by atoms with E-state index in [1.807, 2.05) is 15.5 Å². The van der Waals surface area contributed by atoms with Crippen molar-refractivity contribution < 1.29 is 9.59 Å². The number of nitrogens with zero attached hydrogens (tertiary/aromatic N) is 2. The Morgan fingerprint density at radius 2 is 1.59 bits per heavy atom. The first-order chi connectivity index (χ1) is 13.0. The molecule has 0 spiro atoms. The van der Waals surface area contributed by atoms with Crippen molar-refractivity contribution in [2.24, 2.45) is 5.92 Å². The van der Waals surface area contributed by atoms with Crippen LogP contribution in [0.3, 0.4) is 0 Å². The Labute approximate surface area is 160 Å². The summed E-state index contributed by atoms with van der Waals surface area (Å²) in [6.07, 6.45) is 0.976. The van der Waals surface area contributed by atoms with Crippen molar-refractivity contribution in [3.8, 4) is 0 Å². The minimum atomic E-state index is -0.297. The highest BCUT2D eigenvalue weighted by Gasteiger charge is 2.40. The molecule has 1 aromatic carbocycles. The highest BCUT2D eigenvalue weighted by atomic mass is 35.5. The van der Waals surface area contributed by atoms with Crippen molar-refractivity contribution in [1.29, 1.82) is 0 Å². The van der Waals surface area contributed by atoms with Gasteiger partial charge in [-0.3, -0.25) is 14.4 Å². The smallest absolute Gasteiger partial charge is 0.250 e. The zero-order valence-electron chi connectivity index (χ0n) is 14.5. The molecule has 2 aliphatic heterocycles. The number of carbonyl (C=O) groups excluding carboxylic acids is 2. The number of fused-ring (bicyclic) bond motifs is 5. The molecule has 6 heteroatoms. The molecule has 5 nitrogen and oxygen atoms in total. The number of carbonyl (C=O) groups is 2. The molecule has 2 aromatic rings. The van der Waals surface area contributed by atoms with E-state index in [9.17, 15) is 14.4 Å². The Balaban J connectivity index is 1.55. The predicted molar refractivity (Wildman–Crippen MR) is 101 cm³/mol. The minimum Gasteiger partial charge on any atom is -0.366 e. The number of ketones is 2. The van der Waals surface area contributed by atoms with Gasteiger partial charge in [0, 0.05) is 48.4 Å². The van der Waals surface area contributed by atoms with Crippen LogP contribution in [0.15, 0.2) is 58.0 Å². The SMILES string of the molecule is O=C1C(Cl)=C(N2C[C@@H]3C[C@H](C2)c2cccc(=O)n2C3)C(=O)c2ccccc21. The fraction of sp³-hybridized carbons (Fsp3) is 0.286. The van der Waals surface area contributed by atoms with Crippen molar-refractivity contribution in [2.75, 3.05) is 13.1 Å². The number of aromatic nitrogens is 1. The number of Topliss-reactive ketones (excluding diaryl/α,β-unsaturated/α-hetero) is 2. The number of hydrogen-bond donors (Lipinski definition) is 0. The van der Waals surface area contributed by atoms with Crippen LogP contribution < -0.4 is 5.56 Å². The first-order valence-electron chi connectivity index (χ1n) is 9.07. The molecule has 0 saturated carbocycles. The monoisotopic (exact) mass is 380 g/mol. The highest BCUT2D eigenvalue weighted by Crippen LogP contribution is 2.39. The van der Waals surface area contributed by atoms with Crippen LogP contribution in [-0.2, 0) is 6.54 Å². The van der Waals surface area contributed by atoms with E-state index >= 15 is 0 Å². The molecule has 1 aliphatic carbocycles. The molecule has 136 valence electrons. The summed E-state index contributed by atoms with van der Waals surface area (Å²) in [6.45, 7) is 1.82. The van der Waals surface area contributed by atoms with Crippen molar-refractivity contribution in [3.63, 3.8) is 0 Å². The minimum absolute atomic E-state index is 0.00382. The van der Waals surface area contributed by atoms with Gasteiger partial charge in [0.1, 0.15) is 10.7 Å². The second kappa shape index (κ2) is 5.92. The summed E-state index contributed by atoms with van der Waals surface area (Å²) in [7, 11) is 0. The van der Waals surface area contributed by atoms with Gasteiger partial charge in [-0.2, -0.15) is 0 Å². The molecule has 2 atom stereocenters. The summed E-state index contributed by atoms with van der Waals surface area (Å²) < 4.78 is 1.84. The van der Waals surface area contributed by atoms with E-state index < -0.39 is 0 Å². The van der Waals surface area contributed by atoms with Gasteiger partial charge in [-0.15, -0.1) is 0 Å². The highest BCUT2D eigenvalue weighted by molar-refractivity contribution is 6.49. The van der Waals surface area contributed by atoms with E-state index in [1.165, 1.54) is 0 Å². The molecule has 0 radical (unpaired) electrons. The molecule has 0 amide bonds. The summed E-state index contributed by atoms with van der Waals surface area (Å²) in [6, 6.07) is 12.2. The first kappa shape index (κ1) is 16.5. The molecule has 1 saturated heterocycles. The lowest BCUT2D eigenvalue weighted by molar-refractivity contribution is 0.0895. The van der Waals surface area contributed by atoms with Crippen LogP contribution in [0.1, 0.15) is 38.7 Å². The molecule has 2 bridgehead atoms. The Bertz CT molecular complexity index is 1080. The molecule has 5 rings (SSSR count). The van der Waals surface area contributed by atoms with Crippen LogP contribution in [0.2, 0.25) is 0 Å².